The second-order valence-electron chi connectivity index (χ2n) is 6.89. The summed E-state index contributed by atoms with van der Waals surface area (Å²) in [5.74, 6) is 2.32. The Bertz CT molecular complexity index is 631. The molecule has 1 aliphatic heterocycles. The monoisotopic (exact) mass is 307 g/mol. The molecule has 0 radical (unpaired) electrons. The van der Waals surface area contributed by atoms with Crippen LogP contribution in [0.25, 0.3) is 5.78 Å². The molecule has 2 aromatic heterocycles. The molecule has 5 nitrogen and oxygen atoms in total. The topological polar surface area (TPSA) is 46.3 Å². The highest BCUT2D eigenvalue weighted by Crippen LogP contribution is 2.35. The molecular weight excluding hydrogens is 286 g/mol. The first-order valence-electron chi connectivity index (χ1n) is 7.56. The van der Waals surface area contributed by atoms with E-state index in [4.69, 9.17) is 11.6 Å². The van der Waals surface area contributed by atoms with Crippen molar-refractivity contribution >= 4 is 23.2 Å². The lowest BCUT2D eigenvalue weighted by atomic mass is 9.77. The molecule has 3 rings (SSSR count). The van der Waals surface area contributed by atoms with Gasteiger partial charge in [0.2, 0.25) is 0 Å². The average molecular weight is 308 g/mol. The Balaban J connectivity index is 1.88. The van der Waals surface area contributed by atoms with Crippen molar-refractivity contribution < 1.29 is 0 Å². The predicted octanol–water partition coefficient (Wildman–Crippen LogP) is 3.43. The van der Waals surface area contributed by atoms with E-state index in [0.29, 0.717) is 16.3 Å². The number of hydrogen-bond acceptors (Lipinski definition) is 4. The highest BCUT2D eigenvalue weighted by Gasteiger charge is 2.28. The van der Waals surface area contributed by atoms with Crippen LogP contribution in [0.1, 0.15) is 40.0 Å². The van der Waals surface area contributed by atoms with E-state index in [-0.39, 0.29) is 0 Å². The van der Waals surface area contributed by atoms with Crippen molar-refractivity contribution in [2.45, 2.75) is 40.0 Å². The number of anilines is 1. The van der Waals surface area contributed by atoms with Crippen molar-refractivity contribution in [1.29, 1.82) is 0 Å². The van der Waals surface area contributed by atoms with Gasteiger partial charge in [0.05, 0.1) is 0 Å². The lowest BCUT2D eigenvalue weighted by Gasteiger charge is -2.30. The molecule has 1 unspecified atom stereocenters. The molecule has 0 amide bonds. The molecule has 1 fully saturated rings. The zero-order valence-corrected chi connectivity index (χ0v) is 13.6. The highest BCUT2D eigenvalue weighted by molar-refractivity contribution is 6.29. The second-order valence-corrected chi connectivity index (χ2v) is 7.28. The minimum Gasteiger partial charge on any atom is -0.356 e. The van der Waals surface area contributed by atoms with Crippen LogP contribution in [0, 0.1) is 11.3 Å². The van der Waals surface area contributed by atoms with Gasteiger partial charge < -0.3 is 4.90 Å². The van der Waals surface area contributed by atoms with E-state index in [1.807, 2.05) is 6.07 Å². The van der Waals surface area contributed by atoms with Gasteiger partial charge in [0, 0.05) is 19.2 Å². The summed E-state index contributed by atoms with van der Waals surface area (Å²) in [5, 5.41) is 4.75. The first kappa shape index (κ1) is 14.6. The van der Waals surface area contributed by atoms with Gasteiger partial charge in [-0.05, 0) is 30.6 Å². The fraction of sp³-hybridized carbons (Fsp3) is 0.667. The number of halogens is 1. The zero-order valence-electron chi connectivity index (χ0n) is 12.9. The molecule has 0 saturated carbocycles. The number of nitrogens with zero attached hydrogens (tertiary/aromatic N) is 5. The second kappa shape index (κ2) is 5.44. The van der Waals surface area contributed by atoms with Crippen LogP contribution in [0.2, 0.25) is 5.15 Å². The first-order valence-corrected chi connectivity index (χ1v) is 7.94. The fourth-order valence-electron chi connectivity index (χ4n) is 3.19. The van der Waals surface area contributed by atoms with E-state index in [1.54, 1.807) is 4.52 Å². The van der Waals surface area contributed by atoms with Gasteiger partial charge in [0.25, 0.3) is 5.78 Å². The summed E-state index contributed by atoms with van der Waals surface area (Å²) in [6, 6.07) is 1.89. The van der Waals surface area contributed by atoms with Crippen LogP contribution in [0.4, 0.5) is 5.82 Å². The van der Waals surface area contributed by atoms with Crippen LogP contribution in [0.3, 0.4) is 0 Å². The predicted molar refractivity (Wildman–Crippen MR) is 84.8 cm³/mol. The third kappa shape index (κ3) is 2.98. The van der Waals surface area contributed by atoms with Crippen molar-refractivity contribution in [3.8, 4) is 0 Å². The number of fused-ring (bicyclic) bond motifs is 1. The Kier molecular flexibility index (Phi) is 3.78. The molecule has 114 valence electrons. The Morgan fingerprint density at radius 2 is 2.05 bits per heavy atom. The quantitative estimate of drug-likeness (QED) is 0.757. The number of aromatic nitrogens is 4. The van der Waals surface area contributed by atoms with E-state index < -0.39 is 0 Å². The Morgan fingerprint density at radius 3 is 2.81 bits per heavy atom. The molecule has 0 aromatic carbocycles. The molecule has 1 aliphatic rings. The van der Waals surface area contributed by atoms with E-state index in [1.165, 1.54) is 25.6 Å². The first-order chi connectivity index (χ1) is 9.95. The third-order valence-electron chi connectivity index (χ3n) is 4.48. The van der Waals surface area contributed by atoms with Crippen molar-refractivity contribution in [1.82, 2.24) is 19.6 Å². The molecule has 3 heterocycles. The largest absolute Gasteiger partial charge is 0.356 e. The average Bonchev–Trinajstić information content (AvgIpc) is 2.71. The molecule has 1 saturated heterocycles. The molecule has 21 heavy (non-hydrogen) atoms. The van der Waals surface area contributed by atoms with Gasteiger partial charge >= 0.3 is 0 Å². The van der Waals surface area contributed by atoms with Gasteiger partial charge in [-0.3, -0.25) is 0 Å². The van der Waals surface area contributed by atoms with Crippen LogP contribution in [-0.2, 0) is 0 Å². The highest BCUT2D eigenvalue weighted by atomic mass is 35.5. The molecule has 6 heteroatoms. The minimum absolute atomic E-state index is 0.370. The maximum Gasteiger partial charge on any atom is 0.255 e. The van der Waals surface area contributed by atoms with Crippen LogP contribution >= 0.6 is 11.6 Å². The summed E-state index contributed by atoms with van der Waals surface area (Å²) in [6.45, 7) is 9.07. The summed E-state index contributed by atoms with van der Waals surface area (Å²) in [7, 11) is 0. The number of rotatable bonds is 1. The van der Waals surface area contributed by atoms with Crippen LogP contribution in [0.15, 0.2) is 12.4 Å². The molecular formula is C15H22ClN5. The lowest BCUT2D eigenvalue weighted by molar-refractivity contribution is 0.220. The van der Waals surface area contributed by atoms with Crippen molar-refractivity contribution in [2.24, 2.45) is 11.3 Å². The van der Waals surface area contributed by atoms with Gasteiger partial charge in [0.1, 0.15) is 17.3 Å². The third-order valence-corrected chi connectivity index (χ3v) is 4.67. The zero-order chi connectivity index (χ0) is 15.0. The van der Waals surface area contributed by atoms with E-state index in [0.717, 1.165) is 24.8 Å². The Labute approximate surface area is 130 Å². The summed E-state index contributed by atoms with van der Waals surface area (Å²) >= 11 is 6.12. The van der Waals surface area contributed by atoms with Crippen LogP contribution in [-0.4, -0.2) is 32.7 Å². The summed E-state index contributed by atoms with van der Waals surface area (Å²) in [5.41, 5.74) is 0.370. The maximum atomic E-state index is 6.12. The lowest BCUT2D eigenvalue weighted by Crippen LogP contribution is -2.28. The summed E-state index contributed by atoms with van der Waals surface area (Å²) in [4.78, 5) is 10.7. The van der Waals surface area contributed by atoms with Crippen molar-refractivity contribution in [3.05, 3.63) is 17.5 Å². The van der Waals surface area contributed by atoms with E-state index in [9.17, 15) is 0 Å². The molecule has 0 N–H and O–H groups in total. The normalized spacial score (nSPS) is 20.8. The molecule has 2 aromatic rings. The Morgan fingerprint density at radius 1 is 1.24 bits per heavy atom. The maximum absolute atomic E-state index is 6.12. The molecule has 1 atom stereocenters. The number of hydrogen-bond donors (Lipinski definition) is 0. The molecule has 0 spiro atoms. The smallest absolute Gasteiger partial charge is 0.255 e. The Hall–Kier alpha value is -1.36. The van der Waals surface area contributed by atoms with E-state index in [2.05, 4.69) is 40.7 Å². The van der Waals surface area contributed by atoms with Gasteiger partial charge in [-0.2, -0.15) is 19.6 Å². The van der Waals surface area contributed by atoms with Gasteiger partial charge in [-0.1, -0.05) is 32.4 Å². The van der Waals surface area contributed by atoms with Crippen molar-refractivity contribution in [3.63, 3.8) is 0 Å². The summed E-state index contributed by atoms with van der Waals surface area (Å²) < 4.78 is 1.78. The van der Waals surface area contributed by atoms with Crippen molar-refractivity contribution in [2.75, 3.05) is 18.0 Å². The van der Waals surface area contributed by atoms with Gasteiger partial charge in [-0.25, -0.2) is 0 Å². The summed E-state index contributed by atoms with van der Waals surface area (Å²) in [6.07, 6.45) is 5.19. The van der Waals surface area contributed by atoms with Gasteiger partial charge in [-0.15, -0.1) is 0 Å². The molecule has 0 bridgehead atoms. The standard InChI is InChI=1S/C15H22ClN5/c1-15(2,3)11-5-4-7-20(8-6-11)13-9-12(16)19-14-17-10-18-21(13)14/h9-11H,4-8H2,1-3H3. The van der Waals surface area contributed by atoms with E-state index >= 15 is 0 Å². The SMILES string of the molecule is CC(C)(C)C1CCCN(c2cc(Cl)nc3ncnn23)CC1. The van der Waals surface area contributed by atoms with Crippen LogP contribution in [0.5, 0.6) is 0 Å². The fourth-order valence-corrected chi connectivity index (χ4v) is 3.36. The van der Waals surface area contributed by atoms with Gasteiger partial charge in [0.15, 0.2) is 0 Å². The van der Waals surface area contributed by atoms with Crippen LogP contribution < -0.4 is 4.90 Å². The molecule has 0 aliphatic carbocycles. The minimum atomic E-state index is 0.370.